The van der Waals surface area contributed by atoms with Crippen molar-refractivity contribution in [3.8, 4) is 5.75 Å². The minimum atomic E-state index is -1.93. The van der Waals surface area contributed by atoms with E-state index in [-0.39, 0.29) is 23.1 Å². The van der Waals surface area contributed by atoms with Crippen molar-refractivity contribution in [2.75, 3.05) is 6.54 Å². The van der Waals surface area contributed by atoms with E-state index in [9.17, 15) is 9.59 Å². The third kappa shape index (κ3) is 5.43. The van der Waals surface area contributed by atoms with E-state index in [2.05, 4.69) is 39.2 Å². The number of rotatable bonds is 8. The standard InChI is InChI=1S/C24H33NO3Si/c1-18(26)24(5,25-17-22(27)19-11-9-8-10-12-19)20-13-15-21(16-14-20)28-29(6,7)23(2,3)4/h8-16,25H,17H2,1-7H3. The van der Waals surface area contributed by atoms with E-state index in [1.807, 2.05) is 49.4 Å². The number of Topliss-reactive ketones (excluding diaryl/α,β-unsaturated/α-hetero) is 2. The van der Waals surface area contributed by atoms with Crippen molar-refractivity contribution >= 4 is 19.9 Å². The Kier molecular flexibility index (Phi) is 6.86. The van der Waals surface area contributed by atoms with E-state index < -0.39 is 13.9 Å². The third-order valence-electron chi connectivity index (χ3n) is 6.01. The Hall–Kier alpha value is -2.24. The van der Waals surface area contributed by atoms with E-state index in [1.165, 1.54) is 0 Å². The fraction of sp³-hybridized carbons (Fsp3) is 0.417. The lowest BCUT2D eigenvalue weighted by atomic mass is 9.88. The smallest absolute Gasteiger partial charge is 0.250 e. The van der Waals surface area contributed by atoms with Gasteiger partial charge in [-0.2, -0.15) is 0 Å². The molecule has 5 heteroatoms. The van der Waals surface area contributed by atoms with Crippen LogP contribution >= 0.6 is 0 Å². The van der Waals surface area contributed by atoms with E-state index in [0.717, 1.165) is 11.3 Å². The Morgan fingerprint density at radius 1 is 0.931 bits per heavy atom. The summed E-state index contributed by atoms with van der Waals surface area (Å²) in [5.74, 6) is 0.721. The normalized spacial score (nSPS) is 14.2. The Balaban J connectivity index is 2.17. The van der Waals surface area contributed by atoms with Crippen molar-refractivity contribution in [3.05, 3.63) is 65.7 Å². The highest BCUT2D eigenvalue weighted by atomic mass is 28.4. The predicted octanol–water partition coefficient (Wildman–Crippen LogP) is 5.35. The van der Waals surface area contributed by atoms with Gasteiger partial charge in [0.1, 0.15) is 11.3 Å². The van der Waals surface area contributed by atoms with Gasteiger partial charge in [-0.3, -0.25) is 14.9 Å². The molecular formula is C24H33NO3Si. The van der Waals surface area contributed by atoms with Crippen LogP contribution in [-0.2, 0) is 10.3 Å². The molecule has 0 bridgehead atoms. The molecule has 1 unspecified atom stereocenters. The Bertz CT molecular complexity index is 854. The molecule has 2 aromatic carbocycles. The van der Waals surface area contributed by atoms with Gasteiger partial charge >= 0.3 is 0 Å². The number of carbonyl (C=O) groups excluding carboxylic acids is 2. The molecule has 4 nitrogen and oxygen atoms in total. The topological polar surface area (TPSA) is 55.4 Å². The molecule has 1 N–H and O–H groups in total. The van der Waals surface area contributed by atoms with Crippen LogP contribution in [0.2, 0.25) is 18.1 Å². The van der Waals surface area contributed by atoms with Gasteiger partial charge in [-0.15, -0.1) is 0 Å². The van der Waals surface area contributed by atoms with Crippen molar-refractivity contribution in [1.29, 1.82) is 0 Å². The molecule has 156 valence electrons. The Morgan fingerprint density at radius 2 is 1.48 bits per heavy atom. The van der Waals surface area contributed by atoms with Gasteiger partial charge in [-0.1, -0.05) is 63.2 Å². The van der Waals surface area contributed by atoms with Crippen LogP contribution in [0.1, 0.15) is 50.5 Å². The number of ketones is 2. The second-order valence-electron chi connectivity index (χ2n) is 9.21. The molecule has 0 saturated heterocycles. The maximum atomic E-state index is 12.5. The summed E-state index contributed by atoms with van der Waals surface area (Å²) >= 11 is 0. The van der Waals surface area contributed by atoms with Crippen LogP contribution in [0.25, 0.3) is 0 Å². The first-order valence-corrected chi connectivity index (χ1v) is 12.9. The lowest BCUT2D eigenvalue weighted by Gasteiger charge is -2.36. The number of nitrogens with one attached hydrogen (secondary N) is 1. The maximum Gasteiger partial charge on any atom is 0.250 e. The summed E-state index contributed by atoms with van der Waals surface area (Å²) in [5.41, 5.74) is 0.498. The van der Waals surface area contributed by atoms with Crippen LogP contribution in [-0.4, -0.2) is 26.4 Å². The second kappa shape index (κ2) is 8.64. The average molecular weight is 412 g/mol. The number of carbonyl (C=O) groups is 2. The molecule has 1 atom stereocenters. The SMILES string of the molecule is CC(=O)C(C)(NCC(=O)c1ccccc1)c1ccc(O[Si](C)(C)C(C)(C)C)cc1. The fourth-order valence-electron chi connectivity index (χ4n) is 2.72. The van der Waals surface area contributed by atoms with E-state index in [1.54, 1.807) is 19.1 Å². The van der Waals surface area contributed by atoms with Crippen LogP contribution in [0.15, 0.2) is 54.6 Å². The number of hydrogen-bond acceptors (Lipinski definition) is 4. The molecular weight excluding hydrogens is 378 g/mol. The highest BCUT2D eigenvalue weighted by molar-refractivity contribution is 6.74. The fourth-order valence-corrected chi connectivity index (χ4v) is 3.75. The first-order chi connectivity index (χ1) is 13.4. The van der Waals surface area contributed by atoms with Crippen LogP contribution in [0.3, 0.4) is 0 Å². The highest BCUT2D eigenvalue weighted by Gasteiger charge is 2.39. The van der Waals surface area contributed by atoms with E-state index in [0.29, 0.717) is 5.56 Å². The maximum absolute atomic E-state index is 12.5. The molecule has 0 aliphatic heterocycles. The summed E-state index contributed by atoms with van der Waals surface area (Å²) in [6.45, 7) is 14.5. The van der Waals surface area contributed by atoms with Gasteiger partial charge in [-0.05, 0) is 49.7 Å². The number of hydrogen-bond donors (Lipinski definition) is 1. The molecule has 0 spiro atoms. The summed E-state index contributed by atoms with van der Waals surface area (Å²) < 4.78 is 6.33. The average Bonchev–Trinajstić information content (AvgIpc) is 2.65. The third-order valence-corrected chi connectivity index (χ3v) is 10.4. The zero-order chi connectivity index (χ0) is 21.9. The molecule has 0 aliphatic carbocycles. The van der Waals surface area contributed by atoms with E-state index in [4.69, 9.17) is 4.43 Å². The van der Waals surface area contributed by atoms with Crippen LogP contribution in [0, 0.1) is 0 Å². The minimum absolute atomic E-state index is 0.0450. The number of benzene rings is 2. The zero-order valence-corrected chi connectivity index (χ0v) is 19.6. The molecule has 2 rings (SSSR count). The summed E-state index contributed by atoms with van der Waals surface area (Å²) in [5, 5.41) is 3.28. The largest absolute Gasteiger partial charge is 0.544 e. The first-order valence-electron chi connectivity index (χ1n) is 10.0. The minimum Gasteiger partial charge on any atom is -0.544 e. The van der Waals surface area contributed by atoms with Crippen molar-refractivity contribution in [2.45, 2.75) is 58.3 Å². The monoisotopic (exact) mass is 411 g/mol. The molecule has 29 heavy (non-hydrogen) atoms. The van der Waals surface area contributed by atoms with Crippen LogP contribution < -0.4 is 9.74 Å². The molecule has 2 aromatic rings. The van der Waals surface area contributed by atoms with Gasteiger partial charge in [0.05, 0.1) is 6.54 Å². The summed E-state index contributed by atoms with van der Waals surface area (Å²) in [7, 11) is -1.93. The summed E-state index contributed by atoms with van der Waals surface area (Å²) in [6.07, 6.45) is 0. The van der Waals surface area contributed by atoms with Crippen LogP contribution in [0.4, 0.5) is 0 Å². The molecule has 0 amide bonds. The molecule has 0 fully saturated rings. The van der Waals surface area contributed by atoms with Crippen molar-refractivity contribution < 1.29 is 14.0 Å². The lowest BCUT2D eigenvalue weighted by Crippen LogP contribution is -2.47. The van der Waals surface area contributed by atoms with E-state index >= 15 is 0 Å². The zero-order valence-electron chi connectivity index (χ0n) is 18.6. The van der Waals surface area contributed by atoms with Gasteiger partial charge in [0.15, 0.2) is 11.6 Å². The predicted molar refractivity (Wildman–Crippen MR) is 121 cm³/mol. The Labute approximate surface area is 175 Å². The Morgan fingerprint density at radius 3 is 1.97 bits per heavy atom. The molecule has 0 saturated carbocycles. The lowest BCUT2D eigenvalue weighted by molar-refractivity contribution is -0.123. The van der Waals surface area contributed by atoms with Crippen molar-refractivity contribution in [2.24, 2.45) is 0 Å². The van der Waals surface area contributed by atoms with Gasteiger partial charge < -0.3 is 4.43 Å². The van der Waals surface area contributed by atoms with Crippen LogP contribution in [0.5, 0.6) is 5.75 Å². The summed E-state index contributed by atoms with van der Waals surface area (Å²) in [6, 6.07) is 16.7. The molecule has 0 aromatic heterocycles. The molecule has 0 radical (unpaired) electrons. The van der Waals surface area contributed by atoms with Gasteiger partial charge in [0.25, 0.3) is 0 Å². The quantitative estimate of drug-likeness (QED) is 0.470. The van der Waals surface area contributed by atoms with Gasteiger partial charge in [-0.25, -0.2) is 0 Å². The van der Waals surface area contributed by atoms with Gasteiger partial charge in [0, 0.05) is 5.56 Å². The molecule has 0 heterocycles. The summed E-state index contributed by atoms with van der Waals surface area (Å²) in [4.78, 5) is 24.9. The molecule has 0 aliphatic rings. The highest BCUT2D eigenvalue weighted by Crippen LogP contribution is 2.37. The first kappa shape index (κ1) is 23.0. The second-order valence-corrected chi connectivity index (χ2v) is 13.9. The van der Waals surface area contributed by atoms with Crippen molar-refractivity contribution in [1.82, 2.24) is 5.32 Å². The van der Waals surface area contributed by atoms with Crippen molar-refractivity contribution in [3.63, 3.8) is 0 Å². The van der Waals surface area contributed by atoms with Gasteiger partial charge in [0.2, 0.25) is 8.32 Å².